The molecule has 0 bridgehead atoms. The average Bonchev–Trinajstić information content (AvgIpc) is 2.22. The van der Waals surface area contributed by atoms with Crippen molar-refractivity contribution < 1.29 is 4.79 Å². The average molecular weight is 212 g/mol. The van der Waals surface area contributed by atoms with Crippen molar-refractivity contribution in [2.24, 2.45) is 5.92 Å². The van der Waals surface area contributed by atoms with Crippen molar-refractivity contribution in [2.75, 3.05) is 13.1 Å². The molecule has 0 aromatic rings. The van der Waals surface area contributed by atoms with Crippen LogP contribution in [0.2, 0.25) is 0 Å². The van der Waals surface area contributed by atoms with E-state index in [0.29, 0.717) is 18.4 Å². The molecule has 3 heteroatoms. The number of nitrogens with one attached hydrogen (secondary N) is 2. The van der Waals surface area contributed by atoms with Crippen LogP contribution in [0, 0.1) is 5.92 Å². The number of carbonyl (C=O) groups excluding carboxylic acids is 1. The molecule has 0 saturated carbocycles. The molecule has 0 aliphatic carbocycles. The number of carbonyl (C=O) groups is 1. The summed E-state index contributed by atoms with van der Waals surface area (Å²) in [5, 5.41) is 6.49. The Bertz CT molecular complexity index is 194. The summed E-state index contributed by atoms with van der Waals surface area (Å²) < 4.78 is 0. The van der Waals surface area contributed by atoms with Crippen molar-refractivity contribution in [3.05, 3.63) is 0 Å². The van der Waals surface area contributed by atoms with Crippen LogP contribution < -0.4 is 10.6 Å². The minimum absolute atomic E-state index is 0.238. The first-order valence-electron chi connectivity index (χ1n) is 6.24. The molecule has 2 unspecified atom stereocenters. The summed E-state index contributed by atoms with van der Waals surface area (Å²) in [5.41, 5.74) is 0. The zero-order valence-electron chi connectivity index (χ0n) is 10.0. The lowest BCUT2D eigenvalue weighted by molar-refractivity contribution is -0.122. The molecule has 2 atom stereocenters. The highest BCUT2D eigenvalue weighted by Gasteiger charge is 2.21. The fraction of sp³-hybridized carbons (Fsp3) is 0.917. The molecule has 0 spiro atoms. The van der Waals surface area contributed by atoms with Crippen molar-refractivity contribution in [3.63, 3.8) is 0 Å². The van der Waals surface area contributed by atoms with E-state index >= 15 is 0 Å². The molecule has 1 amide bonds. The maximum Gasteiger partial charge on any atom is 0.220 e. The highest BCUT2D eigenvalue weighted by molar-refractivity contribution is 5.76. The van der Waals surface area contributed by atoms with E-state index in [-0.39, 0.29) is 5.91 Å². The minimum Gasteiger partial charge on any atom is -0.353 e. The largest absolute Gasteiger partial charge is 0.353 e. The molecular formula is C12H24N2O. The molecule has 1 heterocycles. The molecule has 0 radical (unpaired) electrons. The summed E-state index contributed by atoms with van der Waals surface area (Å²) in [7, 11) is 0. The van der Waals surface area contributed by atoms with Gasteiger partial charge in [0.05, 0.1) is 0 Å². The van der Waals surface area contributed by atoms with Gasteiger partial charge in [-0.2, -0.15) is 0 Å². The first kappa shape index (κ1) is 12.5. The Morgan fingerprint density at radius 1 is 1.47 bits per heavy atom. The monoisotopic (exact) mass is 212 g/mol. The van der Waals surface area contributed by atoms with Gasteiger partial charge in [-0.15, -0.1) is 0 Å². The molecule has 3 nitrogen and oxygen atoms in total. The van der Waals surface area contributed by atoms with Gasteiger partial charge in [0.1, 0.15) is 0 Å². The van der Waals surface area contributed by atoms with E-state index in [1.807, 2.05) is 0 Å². The van der Waals surface area contributed by atoms with E-state index in [1.165, 1.54) is 6.42 Å². The fourth-order valence-corrected chi connectivity index (χ4v) is 2.04. The normalized spacial score (nSPS) is 26.3. The van der Waals surface area contributed by atoms with Crippen LogP contribution in [0.4, 0.5) is 0 Å². The van der Waals surface area contributed by atoms with E-state index in [4.69, 9.17) is 0 Å². The number of hydrogen-bond acceptors (Lipinski definition) is 2. The Labute approximate surface area is 93.0 Å². The van der Waals surface area contributed by atoms with Crippen LogP contribution in [0.15, 0.2) is 0 Å². The third-order valence-electron chi connectivity index (χ3n) is 3.14. The fourth-order valence-electron chi connectivity index (χ4n) is 2.04. The van der Waals surface area contributed by atoms with Gasteiger partial charge in [0.15, 0.2) is 0 Å². The standard InChI is InChI=1S/C12H24N2O/c1-3-4-5-6-12(15)14-11-7-8-13-9-10(11)2/h10-11,13H,3-9H2,1-2H3,(H,14,15). The number of piperidine rings is 1. The Kier molecular flexibility index (Phi) is 5.69. The topological polar surface area (TPSA) is 41.1 Å². The van der Waals surface area contributed by atoms with E-state index < -0.39 is 0 Å². The lowest BCUT2D eigenvalue weighted by Crippen LogP contribution is -2.48. The second kappa shape index (κ2) is 6.83. The van der Waals surface area contributed by atoms with Crippen LogP contribution in [0.1, 0.15) is 46.0 Å². The zero-order chi connectivity index (χ0) is 11.1. The third kappa shape index (κ3) is 4.65. The van der Waals surface area contributed by atoms with E-state index in [2.05, 4.69) is 24.5 Å². The molecule has 2 N–H and O–H groups in total. The molecule has 0 aromatic heterocycles. The SMILES string of the molecule is CCCCCC(=O)NC1CCNCC1C. The summed E-state index contributed by atoms with van der Waals surface area (Å²) in [6.45, 7) is 6.42. The number of amides is 1. The van der Waals surface area contributed by atoms with Crippen LogP contribution >= 0.6 is 0 Å². The second-order valence-electron chi connectivity index (χ2n) is 4.60. The van der Waals surface area contributed by atoms with Gasteiger partial charge < -0.3 is 10.6 Å². The van der Waals surface area contributed by atoms with E-state index in [9.17, 15) is 4.79 Å². The molecular weight excluding hydrogens is 188 g/mol. The maximum atomic E-state index is 11.6. The van der Waals surface area contributed by atoms with Gasteiger partial charge in [-0.05, 0) is 31.8 Å². The van der Waals surface area contributed by atoms with Gasteiger partial charge in [0.25, 0.3) is 0 Å². The molecule has 0 aromatic carbocycles. The van der Waals surface area contributed by atoms with Crippen LogP contribution in [-0.4, -0.2) is 25.0 Å². The van der Waals surface area contributed by atoms with Gasteiger partial charge in [0.2, 0.25) is 5.91 Å². The van der Waals surface area contributed by atoms with E-state index in [0.717, 1.165) is 32.4 Å². The second-order valence-corrected chi connectivity index (χ2v) is 4.60. The maximum absolute atomic E-state index is 11.6. The van der Waals surface area contributed by atoms with E-state index in [1.54, 1.807) is 0 Å². The third-order valence-corrected chi connectivity index (χ3v) is 3.14. The molecule has 1 fully saturated rings. The highest BCUT2D eigenvalue weighted by atomic mass is 16.1. The van der Waals surface area contributed by atoms with Crippen LogP contribution in [0.25, 0.3) is 0 Å². The number of rotatable bonds is 5. The van der Waals surface area contributed by atoms with Gasteiger partial charge in [0, 0.05) is 12.5 Å². The van der Waals surface area contributed by atoms with Gasteiger partial charge in [-0.25, -0.2) is 0 Å². The van der Waals surface area contributed by atoms with Crippen LogP contribution in [0.3, 0.4) is 0 Å². The van der Waals surface area contributed by atoms with Crippen LogP contribution in [-0.2, 0) is 4.79 Å². The summed E-state index contributed by atoms with van der Waals surface area (Å²) in [6, 6.07) is 0.389. The van der Waals surface area contributed by atoms with Crippen molar-refractivity contribution >= 4 is 5.91 Å². The Morgan fingerprint density at radius 3 is 2.93 bits per heavy atom. The predicted octanol–water partition coefficient (Wildman–Crippen LogP) is 1.68. The quantitative estimate of drug-likeness (QED) is 0.681. The summed E-state index contributed by atoms with van der Waals surface area (Å²) in [5.74, 6) is 0.802. The predicted molar refractivity (Wildman–Crippen MR) is 62.7 cm³/mol. The molecule has 1 saturated heterocycles. The lowest BCUT2D eigenvalue weighted by Gasteiger charge is -2.30. The van der Waals surface area contributed by atoms with Gasteiger partial charge in [-0.3, -0.25) is 4.79 Å². The summed E-state index contributed by atoms with van der Waals surface area (Å²) >= 11 is 0. The summed E-state index contributed by atoms with van der Waals surface area (Å²) in [4.78, 5) is 11.6. The van der Waals surface area contributed by atoms with Crippen molar-refractivity contribution in [2.45, 2.75) is 52.0 Å². The molecule has 1 aliphatic heterocycles. The van der Waals surface area contributed by atoms with Crippen molar-refractivity contribution in [1.29, 1.82) is 0 Å². The highest BCUT2D eigenvalue weighted by Crippen LogP contribution is 2.10. The van der Waals surface area contributed by atoms with Gasteiger partial charge in [-0.1, -0.05) is 26.7 Å². The van der Waals surface area contributed by atoms with Crippen LogP contribution in [0.5, 0.6) is 0 Å². The first-order chi connectivity index (χ1) is 7.24. The minimum atomic E-state index is 0.238. The van der Waals surface area contributed by atoms with Gasteiger partial charge >= 0.3 is 0 Å². The number of unbranched alkanes of at least 4 members (excludes halogenated alkanes) is 2. The first-order valence-corrected chi connectivity index (χ1v) is 6.24. The Morgan fingerprint density at radius 2 is 2.27 bits per heavy atom. The Balaban J connectivity index is 2.18. The smallest absolute Gasteiger partial charge is 0.220 e. The molecule has 88 valence electrons. The Hall–Kier alpha value is -0.570. The lowest BCUT2D eigenvalue weighted by atomic mass is 9.95. The molecule has 15 heavy (non-hydrogen) atoms. The molecule has 1 aliphatic rings. The molecule has 1 rings (SSSR count). The zero-order valence-corrected chi connectivity index (χ0v) is 10.0. The van der Waals surface area contributed by atoms with Crippen molar-refractivity contribution in [1.82, 2.24) is 10.6 Å². The number of hydrogen-bond donors (Lipinski definition) is 2. The van der Waals surface area contributed by atoms with Crippen molar-refractivity contribution in [3.8, 4) is 0 Å². The summed E-state index contributed by atoms with van der Waals surface area (Å²) in [6.07, 6.45) is 5.14.